The Balaban J connectivity index is 1.57. The highest BCUT2D eigenvalue weighted by atomic mass is 35.5. The van der Waals surface area contributed by atoms with Crippen molar-refractivity contribution in [2.24, 2.45) is 0 Å². The Morgan fingerprint density at radius 3 is 2.71 bits per heavy atom. The van der Waals surface area contributed by atoms with Gasteiger partial charge in [0.2, 0.25) is 15.0 Å². The summed E-state index contributed by atoms with van der Waals surface area (Å²) in [5, 5.41) is 11.8. The quantitative estimate of drug-likeness (QED) is 0.583. The van der Waals surface area contributed by atoms with Gasteiger partial charge >= 0.3 is 0 Å². The van der Waals surface area contributed by atoms with Crippen LogP contribution in [0.2, 0.25) is 5.02 Å². The van der Waals surface area contributed by atoms with E-state index in [9.17, 15) is 17.6 Å². The zero-order chi connectivity index (χ0) is 22.2. The van der Waals surface area contributed by atoms with Crippen LogP contribution in [0.5, 0.6) is 0 Å². The van der Waals surface area contributed by atoms with Crippen molar-refractivity contribution in [3.63, 3.8) is 0 Å². The van der Waals surface area contributed by atoms with Crippen LogP contribution in [0, 0.1) is 12.7 Å². The zero-order valence-corrected chi connectivity index (χ0v) is 18.8. The van der Waals surface area contributed by atoms with E-state index in [0.29, 0.717) is 34.1 Å². The molecule has 0 saturated carbocycles. The van der Waals surface area contributed by atoms with Gasteiger partial charge in [-0.25, -0.2) is 12.8 Å². The van der Waals surface area contributed by atoms with Crippen LogP contribution < -0.4 is 5.32 Å². The molecule has 7 nitrogen and oxygen atoms in total. The minimum absolute atomic E-state index is 0.0652. The Kier molecular flexibility index (Phi) is 6.07. The first kappa shape index (κ1) is 21.8. The van der Waals surface area contributed by atoms with Crippen molar-refractivity contribution < 1.29 is 17.6 Å². The van der Waals surface area contributed by atoms with Crippen molar-refractivity contribution in [2.75, 3.05) is 11.9 Å². The number of benzene rings is 2. The normalized spacial score (nSPS) is 17.1. The lowest BCUT2D eigenvalue weighted by Gasteiger charge is -2.23. The topological polar surface area (TPSA) is 92.3 Å². The van der Waals surface area contributed by atoms with Gasteiger partial charge in [-0.05, 0) is 61.7 Å². The van der Waals surface area contributed by atoms with E-state index in [1.165, 1.54) is 16.4 Å². The summed E-state index contributed by atoms with van der Waals surface area (Å²) in [4.78, 5) is 12.4. The molecule has 0 aliphatic carbocycles. The maximum Gasteiger partial charge on any atom is 0.286 e. The lowest BCUT2D eigenvalue weighted by atomic mass is 10.2. The molecule has 0 bridgehead atoms. The number of nitrogens with zero attached hydrogens (tertiary/aromatic N) is 3. The van der Waals surface area contributed by atoms with E-state index in [1.807, 2.05) is 0 Å². The average Bonchev–Trinajstić information content (AvgIpc) is 3.41. The molecule has 2 aromatic carbocycles. The Labute approximate surface area is 187 Å². The summed E-state index contributed by atoms with van der Waals surface area (Å²) in [6.07, 6.45) is 1.17. The number of hydrogen-bond donors (Lipinski definition) is 1. The van der Waals surface area contributed by atoms with E-state index in [-0.39, 0.29) is 16.4 Å². The van der Waals surface area contributed by atoms with Gasteiger partial charge in [-0.15, -0.1) is 10.2 Å². The minimum Gasteiger partial charge on any atom is -0.320 e. The number of anilines is 1. The summed E-state index contributed by atoms with van der Waals surface area (Å²) in [6.45, 7) is 1.91. The second kappa shape index (κ2) is 8.62. The Morgan fingerprint density at radius 2 is 1.97 bits per heavy atom. The summed E-state index contributed by atoms with van der Waals surface area (Å²) in [7, 11) is -3.93. The van der Waals surface area contributed by atoms with Gasteiger partial charge < -0.3 is 5.32 Å². The van der Waals surface area contributed by atoms with E-state index in [0.717, 1.165) is 17.4 Å². The summed E-state index contributed by atoms with van der Waals surface area (Å²) in [5.41, 5.74) is 1.02. The molecule has 1 amide bonds. The van der Waals surface area contributed by atoms with Crippen LogP contribution in [0.1, 0.15) is 39.3 Å². The molecule has 1 aliphatic rings. The van der Waals surface area contributed by atoms with Crippen molar-refractivity contribution in [3.8, 4) is 0 Å². The van der Waals surface area contributed by atoms with Crippen LogP contribution in [0.3, 0.4) is 0 Å². The van der Waals surface area contributed by atoms with Crippen LogP contribution in [-0.2, 0) is 10.0 Å². The molecule has 1 fully saturated rings. The minimum atomic E-state index is -3.93. The number of amides is 1. The average molecular weight is 481 g/mol. The highest BCUT2D eigenvalue weighted by Gasteiger charge is 2.39. The molecule has 1 N–H and O–H groups in total. The number of rotatable bonds is 5. The Morgan fingerprint density at radius 1 is 1.23 bits per heavy atom. The number of nitrogens with one attached hydrogen (secondary N) is 1. The molecular formula is C20H18ClFN4O3S2. The number of halogens is 2. The van der Waals surface area contributed by atoms with E-state index in [4.69, 9.17) is 11.6 Å². The number of aromatic nitrogens is 2. The third kappa shape index (κ3) is 4.47. The molecule has 1 aliphatic heterocycles. The van der Waals surface area contributed by atoms with Crippen molar-refractivity contribution in [3.05, 3.63) is 68.9 Å². The molecule has 1 atom stereocenters. The highest BCUT2D eigenvalue weighted by Crippen LogP contribution is 2.38. The molecular weight excluding hydrogens is 463 g/mol. The van der Waals surface area contributed by atoms with E-state index < -0.39 is 27.8 Å². The van der Waals surface area contributed by atoms with Gasteiger partial charge in [0.25, 0.3) is 5.91 Å². The molecule has 2 heterocycles. The van der Waals surface area contributed by atoms with Gasteiger partial charge in [-0.1, -0.05) is 29.0 Å². The third-order valence-corrected chi connectivity index (χ3v) is 8.29. The Hall–Kier alpha value is -2.40. The first-order valence-corrected chi connectivity index (χ1v) is 12.1. The Bertz CT molecular complexity index is 1230. The molecule has 162 valence electrons. The predicted octanol–water partition coefficient (Wildman–Crippen LogP) is 4.42. The maximum absolute atomic E-state index is 13.7. The van der Waals surface area contributed by atoms with Gasteiger partial charge in [-0.2, -0.15) is 4.31 Å². The number of hydrogen-bond acceptors (Lipinski definition) is 6. The third-order valence-electron chi connectivity index (χ3n) is 4.96. The fourth-order valence-corrected chi connectivity index (χ4v) is 6.41. The van der Waals surface area contributed by atoms with Crippen molar-refractivity contribution >= 4 is 44.6 Å². The SMILES string of the molecule is Cc1ccc(F)cc1S(=O)(=O)N1CCC[C@@H]1c1nnc(C(=O)Nc2ccc(Cl)cc2)s1. The summed E-state index contributed by atoms with van der Waals surface area (Å²) < 4.78 is 41.5. The van der Waals surface area contributed by atoms with Crippen LogP contribution in [0.15, 0.2) is 47.4 Å². The van der Waals surface area contributed by atoms with Gasteiger partial charge in [0, 0.05) is 17.3 Å². The fourth-order valence-electron chi connectivity index (χ4n) is 3.43. The first-order valence-electron chi connectivity index (χ1n) is 9.44. The number of sulfonamides is 1. The number of carbonyl (C=O) groups is 1. The molecule has 3 aromatic rings. The van der Waals surface area contributed by atoms with Crippen LogP contribution >= 0.6 is 22.9 Å². The first-order chi connectivity index (χ1) is 14.8. The molecule has 4 rings (SSSR count). The highest BCUT2D eigenvalue weighted by molar-refractivity contribution is 7.89. The molecule has 1 saturated heterocycles. The predicted molar refractivity (Wildman–Crippen MR) is 116 cm³/mol. The molecule has 1 aromatic heterocycles. The van der Waals surface area contributed by atoms with Crippen LogP contribution in [-0.4, -0.2) is 35.4 Å². The van der Waals surface area contributed by atoms with Gasteiger partial charge in [0.05, 0.1) is 10.9 Å². The summed E-state index contributed by atoms with van der Waals surface area (Å²) in [5.74, 6) is -1.06. The van der Waals surface area contributed by atoms with Crippen molar-refractivity contribution in [1.82, 2.24) is 14.5 Å². The monoisotopic (exact) mass is 480 g/mol. The fraction of sp³-hybridized carbons (Fsp3) is 0.250. The van der Waals surface area contributed by atoms with Gasteiger partial charge in [-0.3, -0.25) is 4.79 Å². The smallest absolute Gasteiger partial charge is 0.286 e. The molecule has 31 heavy (non-hydrogen) atoms. The van der Waals surface area contributed by atoms with Crippen LogP contribution in [0.4, 0.5) is 10.1 Å². The van der Waals surface area contributed by atoms with Crippen LogP contribution in [0.25, 0.3) is 0 Å². The molecule has 0 radical (unpaired) electrons. The van der Waals surface area contributed by atoms with Gasteiger partial charge in [0.15, 0.2) is 0 Å². The summed E-state index contributed by atoms with van der Waals surface area (Å²) in [6, 6.07) is 9.77. The second-order valence-corrected chi connectivity index (χ2v) is 10.4. The largest absolute Gasteiger partial charge is 0.320 e. The van der Waals surface area contributed by atoms with Gasteiger partial charge in [0.1, 0.15) is 10.8 Å². The van der Waals surface area contributed by atoms with Crippen molar-refractivity contribution in [2.45, 2.75) is 30.7 Å². The van der Waals surface area contributed by atoms with Crippen molar-refractivity contribution in [1.29, 1.82) is 0 Å². The molecule has 11 heteroatoms. The summed E-state index contributed by atoms with van der Waals surface area (Å²) >= 11 is 6.89. The number of aryl methyl sites for hydroxylation is 1. The standard InChI is InChI=1S/C20H18ClFN4O3S2/c1-12-4-7-14(22)11-17(12)31(28,29)26-10-2-3-16(26)19-24-25-20(30-19)18(27)23-15-8-5-13(21)6-9-15/h4-9,11,16H,2-3,10H2,1H3,(H,23,27)/t16-/m1/s1. The second-order valence-electron chi connectivity index (χ2n) is 7.09. The molecule has 0 unspecified atom stereocenters. The van der Waals surface area contributed by atoms with E-state index in [2.05, 4.69) is 15.5 Å². The maximum atomic E-state index is 13.7. The lowest BCUT2D eigenvalue weighted by molar-refractivity contribution is 0.102. The van der Waals surface area contributed by atoms with E-state index in [1.54, 1.807) is 31.2 Å². The molecule has 0 spiro atoms. The zero-order valence-electron chi connectivity index (χ0n) is 16.4. The number of carbonyl (C=O) groups excluding carboxylic acids is 1. The lowest BCUT2D eigenvalue weighted by Crippen LogP contribution is -2.31. The van der Waals surface area contributed by atoms with E-state index >= 15 is 0 Å².